The van der Waals surface area contributed by atoms with Crippen molar-refractivity contribution in [3.63, 3.8) is 0 Å². The first-order chi connectivity index (χ1) is 3.91. The van der Waals surface area contributed by atoms with Gasteiger partial charge in [-0.1, -0.05) is 0 Å². The maximum absolute atomic E-state index is 8.36. The Labute approximate surface area is 78.4 Å². The SMILES string of the molecule is O=CO.[Na+].[c-]1cnns1. The van der Waals surface area contributed by atoms with E-state index >= 15 is 0 Å². The van der Waals surface area contributed by atoms with Gasteiger partial charge in [0.1, 0.15) is 0 Å². The van der Waals surface area contributed by atoms with Crippen molar-refractivity contribution in [3.05, 3.63) is 11.6 Å². The van der Waals surface area contributed by atoms with Gasteiger partial charge in [0.15, 0.2) is 0 Å². The Bertz CT molecular complexity index is 106. The zero-order valence-corrected chi connectivity index (χ0v) is 7.63. The summed E-state index contributed by atoms with van der Waals surface area (Å²) in [5, 5.41) is 13.0. The third-order valence-electron chi connectivity index (χ3n) is 0.251. The van der Waals surface area contributed by atoms with Crippen molar-refractivity contribution < 1.29 is 39.5 Å². The number of carboxylic acid groups (broad SMARTS) is 1. The maximum atomic E-state index is 8.36. The van der Waals surface area contributed by atoms with Gasteiger partial charge in [-0.25, -0.2) is 11.5 Å². The molecule has 0 amide bonds. The van der Waals surface area contributed by atoms with Crippen LogP contribution in [0, 0.1) is 5.38 Å². The van der Waals surface area contributed by atoms with Crippen molar-refractivity contribution in [2.24, 2.45) is 0 Å². The van der Waals surface area contributed by atoms with Gasteiger partial charge in [0.05, 0.1) is 0 Å². The average molecular weight is 154 g/mol. The molecule has 1 aromatic rings. The van der Waals surface area contributed by atoms with Crippen LogP contribution < -0.4 is 29.6 Å². The number of aromatic nitrogens is 2. The van der Waals surface area contributed by atoms with Crippen molar-refractivity contribution in [1.29, 1.82) is 0 Å². The summed E-state index contributed by atoms with van der Waals surface area (Å²) in [6, 6.07) is 0. The molecule has 0 aliphatic rings. The van der Waals surface area contributed by atoms with Gasteiger partial charge in [-0.2, -0.15) is 5.10 Å². The zero-order chi connectivity index (χ0) is 6.24. The normalized spacial score (nSPS) is 5.78. The molecule has 0 fully saturated rings. The molecule has 0 radical (unpaired) electrons. The Kier molecular flexibility index (Phi) is 14.3. The average Bonchev–Trinajstić information content (AvgIpc) is 2.17. The standard InChI is InChI=1S/C2HN2S.CH2O2.Na/c1-2-5-4-3-1;2-1-3;/h1H;1H,(H,2,3);/q-1;;+1. The third-order valence-corrected chi connectivity index (χ3v) is 0.638. The van der Waals surface area contributed by atoms with E-state index in [1.807, 2.05) is 0 Å². The van der Waals surface area contributed by atoms with E-state index in [1.54, 1.807) is 0 Å². The summed E-state index contributed by atoms with van der Waals surface area (Å²) in [6.07, 6.45) is 1.53. The number of carbonyl (C=O) groups is 1. The Morgan fingerprint density at radius 3 is 2.44 bits per heavy atom. The van der Waals surface area contributed by atoms with Gasteiger partial charge in [0.25, 0.3) is 6.47 Å². The predicted molar refractivity (Wildman–Crippen MR) is 27.4 cm³/mol. The van der Waals surface area contributed by atoms with Gasteiger partial charge in [-0.3, -0.25) is 4.79 Å². The Morgan fingerprint density at radius 2 is 2.33 bits per heavy atom. The van der Waals surface area contributed by atoms with Gasteiger partial charge < -0.3 is 10.5 Å². The summed E-state index contributed by atoms with van der Waals surface area (Å²) in [4.78, 5) is 8.36. The Balaban J connectivity index is 0. The van der Waals surface area contributed by atoms with Crippen LogP contribution in [0.15, 0.2) is 6.20 Å². The van der Waals surface area contributed by atoms with E-state index in [0.29, 0.717) is 0 Å². The second kappa shape index (κ2) is 10.9. The molecule has 1 heterocycles. The van der Waals surface area contributed by atoms with E-state index < -0.39 is 0 Å². The van der Waals surface area contributed by atoms with E-state index in [2.05, 4.69) is 15.0 Å². The van der Waals surface area contributed by atoms with Gasteiger partial charge >= 0.3 is 29.6 Å². The Morgan fingerprint density at radius 1 is 1.78 bits per heavy atom. The van der Waals surface area contributed by atoms with Gasteiger partial charge in [-0.05, 0) is 0 Å². The predicted octanol–water partition coefficient (Wildman–Crippen LogP) is -2.96. The molecule has 0 aliphatic heterocycles. The molecule has 44 valence electrons. The molecule has 0 unspecified atom stereocenters. The molecule has 1 rings (SSSR count). The van der Waals surface area contributed by atoms with Crippen molar-refractivity contribution in [2.75, 3.05) is 0 Å². The van der Waals surface area contributed by atoms with E-state index in [4.69, 9.17) is 9.90 Å². The minimum absolute atomic E-state index is 0. The van der Waals surface area contributed by atoms with Gasteiger partial charge in [0, 0.05) is 0 Å². The largest absolute Gasteiger partial charge is 1.00 e. The monoisotopic (exact) mass is 154 g/mol. The fourth-order valence-electron chi connectivity index (χ4n) is 0.118. The van der Waals surface area contributed by atoms with E-state index in [1.165, 1.54) is 17.7 Å². The van der Waals surface area contributed by atoms with Crippen LogP contribution in [0.1, 0.15) is 0 Å². The third kappa shape index (κ3) is 11.5. The topological polar surface area (TPSA) is 63.1 Å². The van der Waals surface area contributed by atoms with Crippen LogP contribution in [0.3, 0.4) is 0 Å². The molecule has 6 heteroatoms. The molecule has 4 nitrogen and oxygen atoms in total. The van der Waals surface area contributed by atoms with Gasteiger partial charge in [-0.15, -0.1) is 10.7 Å². The second-order valence-corrected chi connectivity index (χ2v) is 1.22. The number of hydrogen-bond acceptors (Lipinski definition) is 4. The molecule has 9 heavy (non-hydrogen) atoms. The molecule has 0 aromatic carbocycles. The molecule has 0 aliphatic carbocycles. The van der Waals surface area contributed by atoms with Crippen molar-refractivity contribution in [3.8, 4) is 0 Å². The van der Waals surface area contributed by atoms with Crippen LogP contribution in [0.4, 0.5) is 0 Å². The van der Waals surface area contributed by atoms with Crippen LogP contribution in [-0.4, -0.2) is 21.2 Å². The minimum atomic E-state index is -0.250. The molecule has 1 aromatic heterocycles. The molecule has 0 atom stereocenters. The smallest absolute Gasteiger partial charge is 0.483 e. The van der Waals surface area contributed by atoms with E-state index in [-0.39, 0.29) is 36.0 Å². The summed E-state index contributed by atoms with van der Waals surface area (Å²) in [6.45, 7) is -0.250. The summed E-state index contributed by atoms with van der Waals surface area (Å²) in [7, 11) is 0. The van der Waals surface area contributed by atoms with Crippen LogP contribution >= 0.6 is 11.5 Å². The van der Waals surface area contributed by atoms with Crippen molar-refractivity contribution in [2.45, 2.75) is 0 Å². The van der Waals surface area contributed by atoms with Crippen molar-refractivity contribution >= 4 is 18.0 Å². The van der Waals surface area contributed by atoms with Crippen LogP contribution in [0.25, 0.3) is 0 Å². The first kappa shape index (κ1) is 11.8. The second-order valence-electron chi connectivity index (χ2n) is 0.641. The molecule has 0 spiro atoms. The summed E-state index contributed by atoms with van der Waals surface area (Å²) >= 11 is 1.23. The molecule has 1 N–H and O–H groups in total. The number of nitrogens with zero attached hydrogens (tertiary/aromatic N) is 2. The van der Waals surface area contributed by atoms with Crippen LogP contribution in [0.2, 0.25) is 0 Å². The molecule has 0 saturated carbocycles. The first-order valence-electron chi connectivity index (χ1n) is 1.63. The molecular formula is C3H3N2NaO2S. The van der Waals surface area contributed by atoms with Crippen molar-refractivity contribution in [1.82, 2.24) is 9.59 Å². The first-order valence-corrected chi connectivity index (χ1v) is 2.40. The minimum Gasteiger partial charge on any atom is -0.483 e. The fraction of sp³-hybridized carbons (Fsp3) is 0. The molecular weight excluding hydrogens is 151 g/mol. The zero-order valence-electron chi connectivity index (χ0n) is 4.81. The fourth-order valence-corrected chi connectivity index (χ4v) is 0.354. The maximum Gasteiger partial charge on any atom is 1.00 e. The van der Waals surface area contributed by atoms with E-state index in [9.17, 15) is 0 Å². The molecule has 0 bridgehead atoms. The van der Waals surface area contributed by atoms with Gasteiger partial charge in [0.2, 0.25) is 0 Å². The van der Waals surface area contributed by atoms with E-state index in [0.717, 1.165) is 0 Å². The molecule has 0 saturated heterocycles. The van der Waals surface area contributed by atoms with Crippen LogP contribution in [-0.2, 0) is 4.79 Å². The van der Waals surface area contributed by atoms with Crippen LogP contribution in [0.5, 0.6) is 0 Å². The summed E-state index contributed by atoms with van der Waals surface area (Å²) in [5.41, 5.74) is 0. The number of hydrogen-bond donors (Lipinski definition) is 1. The number of rotatable bonds is 0. The quantitative estimate of drug-likeness (QED) is 0.246. The Hall–Kier alpha value is 0.0300. The summed E-state index contributed by atoms with van der Waals surface area (Å²) < 4.78 is 3.46. The summed E-state index contributed by atoms with van der Waals surface area (Å²) in [5.74, 6) is 0.